The molecule has 1 fully saturated rings. The topological polar surface area (TPSA) is 63.4 Å². The summed E-state index contributed by atoms with van der Waals surface area (Å²) in [5.74, 6) is 0.0417. The van der Waals surface area contributed by atoms with Gasteiger partial charge < -0.3 is 5.73 Å². The van der Waals surface area contributed by atoms with Gasteiger partial charge >= 0.3 is 0 Å². The first-order chi connectivity index (χ1) is 10.5. The van der Waals surface area contributed by atoms with Crippen LogP contribution >= 0.6 is 0 Å². The van der Waals surface area contributed by atoms with Gasteiger partial charge in [0.2, 0.25) is 10.0 Å². The Bertz CT molecular complexity index is 759. The van der Waals surface area contributed by atoms with Crippen LogP contribution in [0.25, 0.3) is 0 Å². The Balaban J connectivity index is 1.90. The summed E-state index contributed by atoms with van der Waals surface area (Å²) in [6.45, 7) is 2.61. The fraction of sp³-hybridized carbons (Fsp3) is 0.294. The van der Waals surface area contributed by atoms with E-state index in [2.05, 4.69) is 0 Å². The molecule has 2 aromatic rings. The van der Waals surface area contributed by atoms with Crippen LogP contribution in [0, 0.1) is 6.92 Å². The predicted molar refractivity (Wildman–Crippen MR) is 87.1 cm³/mol. The van der Waals surface area contributed by atoms with Gasteiger partial charge in [-0.05, 0) is 24.1 Å². The number of aryl methyl sites for hydroxylation is 1. The maximum Gasteiger partial charge on any atom is 0.243 e. The van der Waals surface area contributed by atoms with Crippen LogP contribution in [-0.4, -0.2) is 31.9 Å². The average Bonchev–Trinajstić information content (AvgIpc) is 2.91. The van der Waals surface area contributed by atoms with E-state index >= 15 is 0 Å². The molecule has 1 aliphatic rings. The Morgan fingerprint density at radius 1 is 1.00 bits per heavy atom. The summed E-state index contributed by atoms with van der Waals surface area (Å²) in [6.07, 6.45) is 0. The first-order valence-electron chi connectivity index (χ1n) is 7.36. The SMILES string of the molecule is Cc1ccccc1S(=O)(=O)N1C[C@@H](N)[C@H](c2ccccc2)C1. The average molecular weight is 316 g/mol. The molecule has 1 heterocycles. The molecule has 3 rings (SSSR count). The predicted octanol–water partition coefficient (Wildman–Crippen LogP) is 2.11. The summed E-state index contributed by atoms with van der Waals surface area (Å²) >= 11 is 0. The van der Waals surface area contributed by atoms with E-state index < -0.39 is 10.0 Å². The molecule has 0 radical (unpaired) electrons. The van der Waals surface area contributed by atoms with Crippen LogP contribution in [0.1, 0.15) is 17.0 Å². The van der Waals surface area contributed by atoms with Crippen molar-refractivity contribution in [1.29, 1.82) is 0 Å². The van der Waals surface area contributed by atoms with Crippen molar-refractivity contribution in [1.82, 2.24) is 4.31 Å². The van der Waals surface area contributed by atoms with E-state index in [0.717, 1.165) is 11.1 Å². The molecule has 0 spiro atoms. The van der Waals surface area contributed by atoms with Gasteiger partial charge in [0.25, 0.3) is 0 Å². The zero-order valence-corrected chi connectivity index (χ0v) is 13.3. The van der Waals surface area contributed by atoms with Crippen LogP contribution in [0.2, 0.25) is 0 Å². The highest BCUT2D eigenvalue weighted by Gasteiger charge is 2.38. The molecule has 22 heavy (non-hydrogen) atoms. The second kappa shape index (κ2) is 5.83. The Morgan fingerprint density at radius 3 is 2.32 bits per heavy atom. The fourth-order valence-electron chi connectivity index (χ4n) is 3.03. The standard InChI is InChI=1S/C17H20N2O2S/c1-13-7-5-6-10-17(13)22(20,21)19-11-15(16(18)12-19)14-8-3-2-4-9-14/h2-10,15-16H,11-12,18H2,1H3/t15-,16+/m0/s1. The Morgan fingerprint density at radius 2 is 1.64 bits per heavy atom. The minimum atomic E-state index is -3.49. The molecule has 2 N–H and O–H groups in total. The number of sulfonamides is 1. The minimum absolute atomic E-state index is 0.0417. The quantitative estimate of drug-likeness (QED) is 0.943. The Hall–Kier alpha value is -1.69. The van der Waals surface area contributed by atoms with Crippen molar-refractivity contribution < 1.29 is 8.42 Å². The van der Waals surface area contributed by atoms with Crippen LogP contribution in [-0.2, 0) is 10.0 Å². The van der Waals surface area contributed by atoms with Gasteiger partial charge in [-0.1, -0.05) is 48.5 Å². The second-order valence-corrected chi connectivity index (χ2v) is 7.67. The largest absolute Gasteiger partial charge is 0.326 e. The van der Waals surface area contributed by atoms with Gasteiger partial charge in [0, 0.05) is 25.0 Å². The van der Waals surface area contributed by atoms with E-state index in [9.17, 15) is 8.42 Å². The van der Waals surface area contributed by atoms with E-state index in [1.54, 1.807) is 12.1 Å². The summed E-state index contributed by atoms with van der Waals surface area (Å²) in [6, 6.07) is 16.8. The third-order valence-corrected chi connectivity index (χ3v) is 6.26. The lowest BCUT2D eigenvalue weighted by atomic mass is 9.95. The van der Waals surface area contributed by atoms with Crippen LogP contribution in [0.3, 0.4) is 0 Å². The number of rotatable bonds is 3. The molecular weight excluding hydrogens is 296 g/mol. The molecule has 1 saturated heterocycles. The van der Waals surface area contributed by atoms with Gasteiger partial charge in [-0.25, -0.2) is 8.42 Å². The summed E-state index contributed by atoms with van der Waals surface area (Å²) in [4.78, 5) is 0.371. The van der Waals surface area contributed by atoms with Crippen molar-refractivity contribution in [2.45, 2.75) is 23.8 Å². The molecule has 2 atom stereocenters. The zero-order chi connectivity index (χ0) is 15.7. The van der Waals surface area contributed by atoms with E-state index in [1.807, 2.05) is 49.4 Å². The van der Waals surface area contributed by atoms with Crippen molar-refractivity contribution in [3.8, 4) is 0 Å². The smallest absolute Gasteiger partial charge is 0.243 e. The van der Waals surface area contributed by atoms with Gasteiger partial charge in [-0.2, -0.15) is 4.31 Å². The first kappa shape index (κ1) is 15.2. The van der Waals surface area contributed by atoms with Crippen molar-refractivity contribution >= 4 is 10.0 Å². The van der Waals surface area contributed by atoms with Gasteiger partial charge in [0.1, 0.15) is 0 Å². The molecule has 0 aromatic heterocycles. The van der Waals surface area contributed by atoms with Crippen molar-refractivity contribution in [3.05, 3.63) is 65.7 Å². The van der Waals surface area contributed by atoms with Crippen LogP contribution in [0.5, 0.6) is 0 Å². The highest BCUT2D eigenvalue weighted by molar-refractivity contribution is 7.89. The summed E-state index contributed by atoms with van der Waals surface area (Å²) in [5, 5.41) is 0. The van der Waals surface area contributed by atoms with Gasteiger partial charge in [0.15, 0.2) is 0 Å². The minimum Gasteiger partial charge on any atom is -0.326 e. The van der Waals surface area contributed by atoms with Crippen molar-refractivity contribution in [3.63, 3.8) is 0 Å². The Kier molecular flexibility index (Phi) is 4.04. The van der Waals surface area contributed by atoms with E-state index in [-0.39, 0.29) is 12.0 Å². The van der Waals surface area contributed by atoms with Crippen LogP contribution in [0.15, 0.2) is 59.5 Å². The molecule has 0 bridgehead atoms. The molecule has 0 amide bonds. The maximum atomic E-state index is 12.8. The molecule has 1 aliphatic heterocycles. The molecule has 2 aromatic carbocycles. The highest BCUT2D eigenvalue weighted by atomic mass is 32.2. The van der Waals surface area contributed by atoms with Crippen molar-refractivity contribution in [2.24, 2.45) is 5.73 Å². The normalized spacial score (nSPS) is 22.8. The van der Waals surface area contributed by atoms with Gasteiger partial charge in [-0.15, -0.1) is 0 Å². The summed E-state index contributed by atoms with van der Waals surface area (Å²) in [7, 11) is -3.49. The molecule has 0 unspecified atom stereocenters. The number of nitrogens with two attached hydrogens (primary N) is 1. The number of benzene rings is 2. The third kappa shape index (κ3) is 2.67. The van der Waals surface area contributed by atoms with E-state index in [0.29, 0.717) is 18.0 Å². The van der Waals surface area contributed by atoms with Gasteiger partial charge in [-0.3, -0.25) is 0 Å². The maximum absolute atomic E-state index is 12.8. The lowest BCUT2D eigenvalue weighted by Crippen LogP contribution is -2.32. The number of hydrogen-bond acceptors (Lipinski definition) is 3. The lowest BCUT2D eigenvalue weighted by molar-refractivity contribution is 0.469. The van der Waals surface area contributed by atoms with E-state index in [4.69, 9.17) is 5.73 Å². The van der Waals surface area contributed by atoms with Crippen LogP contribution < -0.4 is 5.73 Å². The lowest BCUT2D eigenvalue weighted by Gasteiger charge is -2.18. The van der Waals surface area contributed by atoms with E-state index in [1.165, 1.54) is 4.31 Å². The first-order valence-corrected chi connectivity index (χ1v) is 8.80. The number of nitrogens with zero attached hydrogens (tertiary/aromatic N) is 1. The van der Waals surface area contributed by atoms with Crippen molar-refractivity contribution in [2.75, 3.05) is 13.1 Å². The Labute approximate surface area is 131 Å². The third-order valence-electron chi connectivity index (χ3n) is 4.27. The second-order valence-electron chi connectivity index (χ2n) is 5.77. The molecule has 4 nitrogen and oxygen atoms in total. The number of hydrogen-bond donors (Lipinski definition) is 1. The highest BCUT2D eigenvalue weighted by Crippen LogP contribution is 2.31. The molecule has 5 heteroatoms. The van der Waals surface area contributed by atoms with Crippen LogP contribution in [0.4, 0.5) is 0 Å². The summed E-state index contributed by atoms with van der Waals surface area (Å²) < 4.78 is 27.2. The molecule has 0 saturated carbocycles. The molecular formula is C17H20N2O2S. The van der Waals surface area contributed by atoms with Gasteiger partial charge in [0.05, 0.1) is 4.90 Å². The monoisotopic (exact) mass is 316 g/mol. The zero-order valence-electron chi connectivity index (χ0n) is 12.5. The fourth-order valence-corrected chi connectivity index (χ4v) is 4.75. The molecule has 0 aliphatic carbocycles. The molecule has 116 valence electrons. The summed E-state index contributed by atoms with van der Waals surface area (Å²) in [5.41, 5.74) is 8.07.